The van der Waals surface area contributed by atoms with Crippen molar-refractivity contribution >= 4 is 11.4 Å². The number of allylic oxidation sites excluding steroid dienone is 1. The fourth-order valence-electron chi connectivity index (χ4n) is 2.37. The van der Waals surface area contributed by atoms with E-state index in [0.717, 1.165) is 11.4 Å². The van der Waals surface area contributed by atoms with Crippen LogP contribution in [0.5, 0.6) is 5.75 Å². The molecule has 0 saturated carbocycles. The number of anilines is 1. The summed E-state index contributed by atoms with van der Waals surface area (Å²) in [4.78, 5) is 4.23. The second-order valence-corrected chi connectivity index (χ2v) is 5.12. The zero-order chi connectivity index (χ0) is 16.2. The van der Waals surface area contributed by atoms with Crippen LogP contribution in [0.25, 0.3) is 5.70 Å². The molecule has 0 unspecified atom stereocenters. The van der Waals surface area contributed by atoms with Crippen LogP contribution in [-0.2, 0) is 0 Å². The van der Waals surface area contributed by atoms with Gasteiger partial charge in [-0.1, -0.05) is 36.4 Å². The number of ether oxygens (including phenoxy) is 1. The zero-order valence-corrected chi connectivity index (χ0v) is 12.8. The summed E-state index contributed by atoms with van der Waals surface area (Å²) >= 11 is 0. The quantitative estimate of drug-likeness (QED) is 0.774. The molecule has 0 spiro atoms. The first-order chi connectivity index (χ1) is 11.9. The second-order valence-electron chi connectivity index (χ2n) is 5.12. The van der Waals surface area contributed by atoms with E-state index in [1.807, 2.05) is 77.9 Å². The summed E-state index contributed by atoms with van der Waals surface area (Å²) in [5, 5.41) is 8.70. The van der Waals surface area contributed by atoms with Gasteiger partial charge in [-0.25, -0.2) is 4.98 Å². The maximum absolute atomic E-state index is 5.99. The summed E-state index contributed by atoms with van der Waals surface area (Å²) in [6.45, 7) is 0. The van der Waals surface area contributed by atoms with Crippen LogP contribution in [0, 0.1) is 0 Å². The molecule has 6 heteroatoms. The van der Waals surface area contributed by atoms with Crippen molar-refractivity contribution in [2.45, 2.75) is 0 Å². The van der Waals surface area contributed by atoms with E-state index in [0.29, 0.717) is 17.3 Å². The molecule has 1 aromatic heterocycles. The van der Waals surface area contributed by atoms with E-state index in [9.17, 15) is 0 Å². The number of hydrazine groups is 1. The van der Waals surface area contributed by atoms with Crippen LogP contribution in [0.4, 0.5) is 5.69 Å². The van der Waals surface area contributed by atoms with Crippen LogP contribution in [0.2, 0.25) is 0 Å². The maximum Gasteiger partial charge on any atom is 0.177 e. The Balaban J connectivity index is 1.68. The number of benzene rings is 2. The van der Waals surface area contributed by atoms with Crippen molar-refractivity contribution in [3.63, 3.8) is 0 Å². The topological polar surface area (TPSA) is 66.1 Å². The number of para-hydroxylation sites is 2. The number of H-pyrrole nitrogens is 1. The molecule has 0 amide bonds. The summed E-state index contributed by atoms with van der Waals surface area (Å²) < 4.78 is 5.99. The highest BCUT2D eigenvalue weighted by molar-refractivity contribution is 5.68. The Hall–Kier alpha value is -3.54. The number of aromatic nitrogens is 3. The molecular weight excluding hydrogens is 302 g/mol. The fourth-order valence-corrected chi connectivity index (χ4v) is 2.37. The molecule has 1 aliphatic rings. The van der Waals surface area contributed by atoms with Crippen molar-refractivity contribution in [3.05, 3.63) is 90.9 Å². The molecule has 24 heavy (non-hydrogen) atoms. The van der Waals surface area contributed by atoms with Crippen LogP contribution < -0.4 is 15.2 Å². The number of nitrogens with zero attached hydrogens (tertiary/aromatic N) is 3. The smallest absolute Gasteiger partial charge is 0.177 e. The molecule has 118 valence electrons. The van der Waals surface area contributed by atoms with E-state index >= 15 is 0 Å². The van der Waals surface area contributed by atoms with Gasteiger partial charge in [-0.15, -0.1) is 0 Å². The minimum absolute atomic E-state index is 0.603. The van der Waals surface area contributed by atoms with Crippen molar-refractivity contribution in [3.8, 4) is 5.75 Å². The van der Waals surface area contributed by atoms with Gasteiger partial charge >= 0.3 is 0 Å². The van der Waals surface area contributed by atoms with Gasteiger partial charge < -0.3 is 4.74 Å². The van der Waals surface area contributed by atoms with Gasteiger partial charge in [0, 0.05) is 12.3 Å². The molecule has 0 atom stereocenters. The molecule has 2 aromatic carbocycles. The van der Waals surface area contributed by atoms with Crippen LogP contribution in [0.3, 0.4) is 0 Å². The first-order valence-electron chi connectivity index (χ1n) is 7.52. The predicted octanol–water partition coefficient (Wildman–Crippen LogP) is 3.09. The van der Waals surface area contributed by atoms with Gasteiger partial charge in [0.2, 0.25) is 0 Å². The Kier molecular flexibility index (Phi) is 3.69. The molecule has 0 fully saturated rings. The molecule has 0 aliphatic carbocycles. The predicted molar refractivity (Wildman–Crippen MR) is 91.6 cm³/mol. The first-order valence-corrected chi connectivity index (χ1v) is 7.52. The fraction of sp³-hybridized carbons (Fsp3) is 0. The van der Waals surface area contributed by atoms with Crippen molar-refractivity contribution in [2.75, 3.05) is 5.01 Å². The maximum atomic E-state index is 5.99. The van der Waals surface area contributed by atoms with Crippen molar-refractivity contribution in [2.24, 2.45) is 0 Å². The van der Waals surface area contributed by atoms with Gasteiger partial charge in [0.05, 0.1) is 5.69 Å². The lowest BCUT2D eigenvalue weighted by Gasteiger charge is -2.28. The van der Waals surface area contributed by atoms with Gasteiger partial charge in [-0.3, -0.25) is 15.5 Å². The number of hydrogen-bond acceptors (Lipinski definition) is 5. The average molecular weight is 317 g/mol. The monoisotopic (exact) mass is 317 g/mol. The zero-order valence-electron chi connectivity index (χ0n) is 12.8. The number of rotatable bonds is 4. The van der Waals surface area contributed by atoms with Gasteiger partial charge in [-0.05, 0) is 24.3 Å². The Morgan fingerprint density at radius 2 is 1.67 bits per heavy atom. The number of aromatic amines is 1. The lowest BCUT2D eigenvalue weighted by atomic mass is 10.2. The summed E-state index contributed by atoms with van der Waals surface area (Å²) in [6.07, 6.45) is 5.27. The van der Waals surface area contributed by atoms with Crippen molar-refractivity contribution in [1.82, 2.24) is 20.6 Å². The highest BCUT2D eigenvalue weighted by Gasteiger charge is 2.19. The highest BCUT2D eigenvalue weighted by Crippen LogP contribution is 2.25. The largest absolute Gasteiger partial charge is 0.455 e. The average Bonchev–Trinajstić information content (AvgIpc) is 3.18. The Bertz CT molecular complexity index is 857. The second kappa shape index (κ2) is 6.29. The summed E-state index contributed by atoms with van der Waals surface area (Å²) in [5.41, 5.74) is 5.02. The minimum Gasteiger partial charge on any atom is -0.455 e. The standard InChI is InChI=1S/C18H15N5O/c1-3-7-14(8-4-1)23-12-11-16(24-15-9-5-2-6-10-15)17(22-23)18-19-13-20-21-18/h1-13,22H,(H,19,20,21). The molecule has 6 nitrogen and oxygen atoms in total. The van der Waals surface area contributed by atoms with Gasteiger partial charge in [0.15, 0.2) is 11.6 Å². The third kappa shape index (κ3) is 2.85. The van der Waals surface area contributed by atoms with Crippen LogP contribution in [0.15, 0.2) is 85.0 Å². The molecule has 2 N–H and O–H groups in total. The van der Waals surface area contributed by atoms with Gasteiger partial charge in [0.1, 0.15) is 17.8 Å². The third-order valence-corrected chi connectivity index (χ3v) is 3.51. The van der Waals surface area contributed by atoms with Crippen LogP contribution in [-0.4, -0.2) is 15.2 Å². The molecule has 1 aliphatic heterocycles. The molecular formula is C18H15N5O. The highest BCUT2D eigenvalue weighted by atomic mass is 16.5. The van der Waals surface area contributed by atoms with E-state index in [4.69, 9.17) is 4.74 Å². The number of nitrogens with one attached hydrogen (secondary N) is 2. The van der Waals surface area contributed by atoms with E-state index in [2.05, 4.69) is 20.6 Å². The number of hydrogen-bond donors (Lipinski definition) is 2. The Morgan fingerprint density at radius 1 is 0.917 bits per heavy atom. The molecule has 0 saturated heterocycles. The van der Waals surface area contributed by atoms with Crippen molar-refractivity contribution < 1.29 is 4.74 Å². The van der Waals surface area contributed by atoms with Crippen molar-refractivity contribution in [1.29, 1.82) is 0 Å². The van der Waals surface area contributed by atoms with Gasteiger partial charge in [0.25, 0.3) is 0 Å². The lowest BCUT2D eigenvalue weighted by Crippen LogP contribution is -2.36. The molecule has 4 rings (SSSR count). The normalized spacial score (nSPS) is 13.8. The molecule has 0 bridgehead atoms. The Labute approximate surface area is 139 Å². The minimum atomic E-state index is 0.603. The van der Waals surface area contributed by atoms with Gasteiger partial charge in [-0.2, -0.15) is 5.10 Å². The lowest BCUT2D eigenvalue weighted by molar-refractivity contribution is 0.440. The summed E-state index contributed by atoms with van der Waals surface area (Å²) in [5.74, 6) is 2.01. The van der Waals surface area contributed by atoms with E-state index in [1.54, 1.807) is 0 Å². The Morgan fingerprint density at radius 3 is 2.38 bits per heavy atom. The van der Waals surface area contributed by atoms with Crippen LogP contribution >= 0.6 is 0 Å². The van der Waals surface area contributed by atoms with E-state index in [1.165, 1.54) is 6.33 Å². The summed E-state index contributed by atoms with van der Waals surface area (Å²) in [6, 6.07) is 19.6. The van der Waals surface area contributed by atoms with Crippen LogP contribution in [0.1, 0.15) is 5.82 Å². The molecule has 3 aromatic rings. The third-order valence-electron chi connectivity index (χ3n) is 3.51. The molecule has 0 radical (unpaired) electrons. The summed E-state index contributed by atoms with van der Waals surface area (Å²) in [7, 11) is 0. The van der Waals surface area contributed by atoms with E-state index < -0.39 is 0 Å². The van der Waals surface area contributed by atoms with E-state index in [-0.39, 0.29) is 0 Å². The first kappa shape index (κ1) is 14.1. The molecule has 2 heterocycles. The SMILES string of the molecule is C1=CN(c2ccccc2)NC(c2ncn[nH]2)=C1Oc1ccccc1.